The highest BCUT2D eigenvalue weighted by atomic mass is 16.5. The quantitative estimate of drug-likeness (QED) is 0.784. The van der Waals surface area contributed by atoms with E-state index >= 15 is 0 Å². The van der Waals surface area contributed by atoms with E-state index in [1.807, 2.05) is 36.4 Å². The molecule has 3 rings (SSSR count). The number of benzene rings is 2. The minimum Gasteiger partial charge on any atom is -0.507 e. The lowest BCUT2D eigenvalue weighted by Gasteiger charge is -2.21. The second-order valence-corrected chi connectivity index (χ2v) is 5.26. The lowest BCUT2D eigenvalue weighted by molar-refractivity contribution is 0.195. The molecular formula is C17H20N2O4. The summed E-state index contributed by atoms with van der Waals surface area (Å²) in [7, 11) is 3.19. The molecule has 0 saturated carbocycles. The fourth-order valence-electron chi connectivity index (χ4n) is 2.63. The Balaban J connectivity index is 1.80. The average molecular weight is 316 g/mol. The molecule has 2 unspecified atom stereocenters. The van der Waals surface area contributed by atoms with Crippen LogP contribution in [0, 0.1) is 0 Å². The topological polar surface area (TPSA) is 72.0 Å². The summed E-state index contributed by atoms with van der Waals surface area (Å²) in [5.41, 5.74) is 6.97. The van der Waals surface area contributed by atoms with Gasteiger partial charge >= 0.3 is 0 Å². The van der Waals surface area contributed by atoms with Gasteiger partial charge in [0.1, 0.15) is 29.1 Å². The molecule has 0 bridgehead atoms. The van der Waals surface area contributed by atoms with Crippen molar-refractivity contribution >= 4 is 0 Å². The first-order valence-electron chi connectivity index (χ1n) is 7.37. The van der Waals surface area contributed by atoms with Crippen molar-refractivity contribution in [3.63, 3.8) is 0 Å². The van der Waals surface area contributed by atoms with Crippen molar-refractivity contribution in [2.75, 3.05) is 20.8 Å². The van der Waals surface area contributed by atoms with Crippen LogP contribution in [-0.2, 0) is 0 Å². The van der Waals surface area contributed by atoms with Gasteiger partial charge < -0.3 is 19.3 Å². The fraction of sp³-hybridized carbons (Fsp3) is 0.294. The van der Waals surface area contributed by atoms with Gasteiger partial charge in [0, 0.05) is 24.2 Å². The van der Waals surface area contributed by atoms with Crippen LogP contribution in [0.15, 0.2) is 42.5 Å². The van der Waals surface area contributed by atoms with Crippen molar-refractivity contribution in [1.29, 1.82) is 0 Å². The number of phenols is 1. The normalized spacial score (nSPS) is 20.3. The van der Waals surface area contributed by atoms with E-state index in [0.29, 0.717) is 12.3 Å². The van der Waals surface area contributed by atoms with Gasteiger partial charge in [0.2, 0.25) is 0 Å². The van der Waals surface area contributed by atoms with Gasteiger partial charge in [-0.05, 0) is 24.3 Å². The van der Waals surface area contributed by atoms with Gasteiger partial charge in [0.15, 0.2) is 0 Å². The van der Waals surface area contributed by atoms with Crippen molar-refractivity contribution < 1.29 is 19.3 Å². The van der Waals surface area contributed by atoms with Crippen LogP contribution in [0.1, 0.15) is 11.6 Å². The Hall–Kier alpha value is -2.44. The van der Waals surface area contributed by atoms with E-state index in [1.54, 1.807) is 20.3 Å². The van der Waals surface area contributed by atoms with E-state index in [2.05, 4.69) is 10.9 Å². The fourth-order valence-corrected chi connectivity index (χ4v) is 2.63. The number of aromatic hydroxyl groups is 1. The maximum atomic E-state index is 10.2. The van der Waals surface area contributed by atoms with Crippen molar-refractivity contribution in [2.45, 2.75) is 12.1 Å². The SMILES string of the molecule is COc1cccc(OC2CNNC2c2ccc(OC)cc2O)c1. The predicted molar refractivity (Wildman–Crippen MR) is 85.9 cm³/mol. The summed E-state index contributed by atoms with van der Waals surface area (Å²) in [6.45, 7) is 0.618. The lowest BCUT2D eigenvalue weighted by Crippen LogP contribution is -2.28. The number of ether oxygens (including phenoxy) is 3. The molecule has 2 atom stereocenters. The molecule has 23 heavy (non-hydrogen) atoms. The van der Waals surface area contributed by atoms with Crippen LogP contribution in [0.4, 0.5) is 0 Å². The van der Waals surface area contributed by atoms with E-state index in [-0.39, 0.29) is 17.9 Å². The molecule has 1 saturated heterocycles. The van der Waals surface area contributed by atoms with E-state index in [1.165, 1.54) is 0 Å². The maximum absolute atomic E-state index is 10.2. The summed E-state index contributed by atoms with van der Waals surface area (Å²) in [5.74, 6) is 2.25. The van der Waals surface area contributed by atoms with Crippen molar-refractivity contribution in [2.24, 2.45) is 0 Å². The van der Waals surface area contributed by atoms with Gasteiger partial charge in [-0.25, -0.2) is 5.43 Å². The van der Waals surface area contributed by atoms with Crippen LogP contribution in [0.2, 0.25) is 0 Å². The standard InChI is InChI=1S/C17H20N2O4/c1-21-11-4-3-5-13(8-11)23-16-10-18-19-17(16)14-7-6-12(22-2)9-15(14)20/h3-9,16-20H,10H2,1-2H3. The third-order valence-electron chi connectivity index (χ3n) is 3.83. The molecule has 122 valence electrons. The van der Waals surface area contributed by atoms with Crippen LogP contribution in [0.5, 0.6) is 23.0 Å². The number of hydrogen-bond donors (Lipinski definition) is 3. The molecular weight excluding hydrogens is 296 g/mol. The highest BCUT2D eigenvalue weighted by molar-refractivity contribution is 5.42. The van der Waals surface area contributed by atoms with Gasteiger partial charge in [0.25, 0.3) is 0 Å². The molecule has 0 radical (unpaired) electrons. The van der Waals surface area contributed by atoms with E-state index < -0.39 is 0 Å². The molecule has 2 aromatic rings. The number of hydrazine groups is 1. The first-order valence-corrected chi connectivity index (χ1v) is 7.37. The highest BCUT2D eigenvalue weighted by Crippen LogP contribution is 2.33. The molecule has 6 heteroatoms. The van der Waals surface area contributed by atoms with Crippen LogP contribution in [0.25, 0.3) is 0 Å². The summed E-state index contributed by atoms with van der Waals surface area (Å²) >= 11 is 0. The van der Waals surface area contributed by atoms with E-state index in [9.17, 15) is 5.11 Å². The molecule has 0 amide bonds. The largest absolute Gasteiger partial charge is 0.507 e. The van der Waals surface area contributed by atoms with E-state index in [0.717, 1.165) is 17.1 Å². The third-order valence-corrected chi connectivity index (χ3v) is 3.83. The van der Waals surface area contributed by atoms with Crippen molar-refractivity contribution in [3.8, 4) is 23.0 Å². The predicted octanol–water partition coefficient (Wildman–Crippen LogP) is 2.01. The minimum atomic E-state index is -0.174. The molecule has 0 aromatic heterocycles. The van der Waals surface area contributed by atoms with Crippen LogP contribution >= 0.6 is 0 Å². The molecule has 0 spiro atoms. The zero-order valence-corrected chi connectivity index (χ0v) is 13.1. The molecule has 6 nitrogen and oxygen atoms in total. The average Bonchev–Trinajstić information content (AvgIpc) is 3.02. The highest BCUT2D eigenvalue weighted by Gasteiger charge is 2.32. The minimum absolute atomic E-state index is 0.165. The van der Waals surface area contributed by atoms with Crippen LogP contribution in [-0.4, -0.2) is 32.0 Å². The molecule has 2 aromatic carbocycles. The van der Waals surface area contributed by atoms with Gasteiger partial charge in [-0.15, -0.1) is 0 Å². The smallest absolute Gasteiger partial charge is 0.133 e. The molecule has 3 N–H and O–H groups in total. The van der Waals surface area contributed by atoms with Gasteiger partial charge in [-0.3, -0.25) is 5.43 Å². The molecule has 1 aliphatic heterocycles. The van der Waals surface area contributed by atoms with Crippen molar-refractivity contribution in [3.05, 3.63) is 48.0 Å². The summed E-state index contributed by atoms with van der Waals surface area (Å²) in [6.07, 6.45) is -0.165. The van der Waals surface area contributed by atoms with Crippen LogP contribution < -0.4 is 25.1 Å². The lowest BCUT2D eigenvalue weighted by atomic mass is 10.0. The van der Waals surface area contributed by atoms with Crippen LogP contribution in [0.3, 0.4) is 0 Å². The third kappa shape index (κ3) is 3.33. The monoisotopic (exact) mass is 316 g/mol. The molecule has 1 fully saturated rings. The molecule has 0 aliphatic carbocycles. The maximum Gasteiger partial charge on any atom is 0.133 e. The Labute approximate surface area is 135 Å². The Morgan fingerprint density at radius 1 is 1.00 bits per heavy atom. The molecule has 1 heterocycles. The van der Waals surface area contributed by atoms with Gasteiger partial charge in [-0.1, -0.05) is 6.07 Å². The number of methoxy groups -OCH3 is 2. The van der Waals surface area contributed by atoms with Gasteiger partial charge in [0.05, 0.1) is 20.3 Å². The van der Waals surface area contributed by atoms with Gasteiger partial charge in [-0.2, -0.15) is 0 Å². The summed E-state index contributed by atoms with van der Waals surface area (Å²) < 4.78 is 16.4. The number of nitrogens with one attached hydrogen (secondary N) is 2. The summed E-state index contributed by atoms with van der Waals surface area (Å²) in [4.78, 5) is 0. The van der Waals surface area contributed by atoms with E-state index in [4.69, 9.17) is 14.2 Å². The second-order valence-electron chi connectivity index (χ2n) is 5.26. The zero-order chi connectivity index (χ0) is 16.2. The zero-order valence-electron chi connectivity index (χ0n) is 13.1. The molecule has 1 aliphatic rings. The first-order chi connectivity index (χ1) is 11.2. The Morgan fingerprint density at radius 3 is 2.48 bits per heavy atom. The number of rotatable bonds is 5. The number of phenolic OH excluding ortho intramolecular Hbond substituents is 1. The Bertz CT molecular complexity index is 677. The van der Waals surface area contributed by atoms with Crippen molar-refractivity contribution in [1.82, 2.24) is 10.9 Å². The summed E-state index contributed by atoms with van der Waals surface area (Å²) in [5, 5.41) is 10.2. The Morgan fingerprint density at radius 2 is 1.74 bits per heavy atom. The first kappa shape index (κ1) is 15.5. The summed E-state index contributed by atoms with van der Waals surface area (Å²) in [6, 6.07) is 12.5. The second kappa shape index (κ2) is 6.76. The Kier molecular flexibility index (Phi) is 4.55. The number of hydrogen-bond acceptors (Lipinski definition) is 6.